The first-order valence-electron chi connectivity index (χ1n) is 19.9. The maximum absolute atomic E-state index is 3.05. The van der Waals surface area contributed by atoms with E-state index in [4.69, 9.17) is 0 Å². The molecule has 0 amide bonds. The van der Waals surface area contributed by atoms with Gasteiger partial charge in [0.05, 0.1) is 0 Å². The van der Waals surface area contributed by atoms with E-state index in [0.717, 1.165) is 0 Å². The molecule has 0 aliphatic heterocycles. The molecule has 56 heavy (non-hydrogen) atoms. The van der Waals surface area contributed by atoms with Gasteiger partial charge in [-0.15, -0.1) is 0 Å². The molecule has 0 nitrogen and oxygen atoms in total. The van der Waals surface area contributed by atoms with Crippen molar-refractivity contribution >= 4 is 3.21 Å². The van der Waals surface area contributed by atoms with E-state index in [1.807, 2.05) is 0 Å². The van der Waals surface area contributed by atoms with Crippen LogP contribution in [0, 0.1) is 25.2 Å². The monoisotopic (exact) mass is 848 g/mol. The molecule has 1 unspecified atom stereocenters. The molecule has 0 radical (unpaired) electrons. The second kappa shape index (κ2) is 17.7. The summed E-state index contributed by atoms with van der Waals surface area (Å²) in [7, 11) is 0. The zero-order valence-corrected chi connectivity index (χ0v) is 37.5. The quantitative estimate of drug-likeness (QED) is 0.138. The van der Waals surface area contributed by atoms with Crippen LogP contribution in [0.4, 0.5) is 0 Å². The van der Waals surface area contributed by atoms with Gasteiger partial charge in [-0.2, -0.15) is 0 Å². The van der Waals surface area contributed by atoms with E-state index in [1.54, 1.807) is 6.49 Å². The number of rotatable bonds is 9. The molecule has 0 N–H and O–H groups in total. The van der Waals surface area contributed by atoms with Crippen LogP contribution in [-0.2, 0) is 21.3 Å². The van der Waals surface area contributed by atoms with Crippen molar-refractivity contribution in [1.82, 2.24) is 0 Å². The number of unbranched alkanes of at least 4 members (excludes halogenated alkanes) is 1. The molecule has 1 atom stereocenters. The molecule has 0 saturated carbocycles. The molecule has 0 spiro atoms. The molecule has 0 fully saturated rings. The Hall–Kier alpha value is -3.87. The van der Waals surface area contributed by atoms with Crippen LogP contribution < -0.4 is 24.8 Å². The fourth-order valence-corrected chi connectivity index (χ4v) is 18.2. The fraction of sp³-hybridized carbons (Fsp3) is 0.226. The first-order valence-corrected chi connectivity index (χ1v) is 23.8. The van der Waals surface area contributed by atoms with E-state index in [-0.39, 0.29) is 30.2 Å². The van der Waals surface area contributed by atoms with Crippen molar-refractivity contribution < 1.29 is 46.1 Å². The molecular weight excluding hydrogens is 799 g/mol. The molecule has 0 aromatic heterocycles. The van der Waals surface area contributed by atoms with Gasteiger partial charge >= 0.3 is 334 Å². The molecule has 0 heterocycles. The molecule has 3 heteroatoms. The number of halogens is 2. The van der Waals surface area contributed by atoms with Gasteiger partial charge in [0.2, 0.25) is 0 Å². The summed E-state index contributed by atoms with van der Waals surface area (Å²) >= 11 is -3.05. The average molecular weight is 851 g/mol. The SMILES string of the molecule is CCCCC1C=C(C(C)(C)C)C=[C]1[Zr+2](=[C](c1ccc(C)cc1)c1ccc(C)cc1)[CH]1c2cc(-c3ccccc3)ccc2-c2ccc(-c3ccccc3)cc21.[Cl-].[Cl-]. The average Bonchev–Trinajstić information content (AvgIpc) is 3.77. The summed E-state index contributed by atoms with van der Waals surface area (Å²) < 4.78 is 3.68. The number of fused-ring (bicyclic) bond motifs is 3. The second-order valence-corrected chi connectivity index (χ2v) is 22.6. The minimum Gasteiger partial charge on any atom is -1.00 e. The van der Waals surface area contributed by atoms with Crippen molar-refractivity contribution in [2.45, 2.75) is 64.4 Å². The van der Waals surface area contributed by atoms with Crippen LogP contribution in [0.5, 0.6) is 0 Å². The number of allylic oxidation sites excluding steroid dienone is 4. The maximum Gasteiger partial charge on any atom is -1.00 e. The minimum atomic E-state index is -3.05. The summed E-state index contributed by atoms with van der Waals surface area (Å²) in [5, 5.41) is 0. The van der Waals surface area contributed by atoms with Crippen LogP contribution in [-0.4, -0.2) is 3.21 Å². The summed E-state index contributed by atoms with van der Waals surface area (Å²) in [5.41, 5.74) is 18.0. The Morgan fingerprint density at radius 1 is 0.571 bits per heavy atom. The predicted octanol–water partition coefficient (Wildman–Crippen LogP) is 8.28. The Morgan fingerprint density at radius 3 is 1.46 bits per heavy atom. The van der Waals surface area contributed by atoms with Crippen molar-refractivity contribution in [3.05, 3.63) is 200 Å². The normalized spacial score (nSPS) is 14.3. The number of benzene rings is 6. The third-order valence-corrected chi connectivity index (χ3v) is 20.1. The van der Waals surface area contributed by atoms with Gasteiger partial charge in [0.15, 0.2) is 0 Å². The zero-order valence-electron chi connectivity index (χ0n) is 33.5. The van der Waals surface area contributed by atoms with Crippen LogP contribution in [0.25, 0.3) is 33.4 Å². The van der Waals surface area contributed by atoms with Gasteiger partial charge < -0.3 is 24.8 Å². The van der Waals surface area contributed by atoms with Crippen molar-refractivity contribution in [2.24, 2.45) is 11.3 Å². The van der Waals surface area contributed by atoms with E-state index in [2.05, 4.69) is 199 Å². The van der Waals surface area contributed by atoms with Crippen molar-refractivity contribution in [3.8, 4) is 33.4 Å². The van der Waals surface area contributed by atoms with Gasteiger partial charge in [0.1, 0.15) is 0 Å². The first kappa shape index (κ1) is 41.8. The summed E-state index contributed by atoms with van der Waals surface area (Å²) in [4.78, 5) is 0. The summed E-state index contributed by atoms with van der Waals surface area (Å²) in [6.07, 6.45) is 9.07. The number of hydrogen-bond donors (Lipinski definition) is 0. The molecule has 8 rings (SSSR count). The Bertz CT molecular complexity index is 2260. The maximum atomic E-state index is 2.72. The molecule has 2 aliphatic rings. The third kappa shape index (κ3) is 8.39. The molecule has 0 saturated heterocycles. The third-order valence-electron chi connectivity index (χ3n) is 11.6. The predicted molar refractivity (Wildman–Crippen MR) is 229 cm³/mol. The van der Waals surface area contributed by atoms with Crippen molar-refractivity contribution in [1.29, 1.82) is 0 Å². The second-order valence-electron chi connectivity index (χ2n) is 16.5. The van der Waals surface area contributed by atoms with E-state index in [0.29, 0.717) is 9.54 Å². The van der Waals surface area contributed by atoms with Crippen LogP contribution >= 0.6 is 0 Å². The van der Waals surface area contributed by atoms with Crippen LogP contribution in [0.3, 0.4) is 0 Å². The van der Waals surface area contributed by atoms with Gasteiger partial charge in [-0.05, 0) is 0 Å². The van der Waals surface area contributed by atoms with Crippen LogP contribution in [0.15, 0.2) is 167 Å². The van der Waals surface area contributed by atoms with E-state index in [1.165, 1.54) is 91.6 Å². The molecule has 6 aromatic carbocycles. The summed E-state index contributed by atoms with van der Waals surface area (Å²) in [6.45, 7) is 14.0. The van der Waals surface area contributed by atoms with Crippen LogP contribution in [0.1, 0.15) is 84.0 Å². The molecule has 2 aliphatic carbocycles. The standard InChI is InChI=1S/C25H17.C15H14.C13H21.2ClH.Zr/c1-3-7-18(8-4-1)20-11-13-24-22(15-20)17-23-16-21(12-14-25(23)24)19-9-5-2-6-10-19;1-12-3-7-14(8-4-12)11-15-9-5-13(2)6-10-15;1-5-6-7-11-8-9-12(10-11)13(2,3)4;;;/h1-17H;3-10H,1-2H3;9-11H,5-7H2,1-4H3;2*1H;/q;;;;;+2/p-2. The Morgan fingerprint density at radius 2 is 1.04 bits per heavy atom. The first-order chi connectivity index (χ1) is 26.2. The smallest absolute Gasteiger partial charge is 1.00 e. The van der Waals surface area contributed by atoms with Gasteiger partial charge in [-0.1, -0.05) is 0 Å². The number of aryl methyl sites for hydroxylation is 2. The topological polar surface area (TPSA) is 0 Å². The van der Waals surface area contributed by atoms with Gasteiger partial charge in [-0.25, -0.2) is 0 Å². The fourth-order valence-electron chi connectivity index (χ4n) is 8.60. The van der Waals surface area contributed by atoms with Gasteiger partial charge in [0.25, 0.3) is 0 Å². The summed E-state index contributed by atoms with van der Waals surface area (Å²) in [6, 6.07) is 55.8. The van der Waals surface area contributed by atoms with Crippen molar-refractivity contribution in [2.75, 3.05) is 0 Å². The van der Waals surface area contributed by atoms with Gasteiger partial charge in [-0.3, -0.25) is 0 Å². The largest absolute Gasteiger partial charge is 1.00 e. The Labute approximate surface area is 355 Å². The molecular formula is C53H52Cl2Zr. The number of hydrogen-bond acceptors (Lipinski definition) is 0. The van der Waals surface area contributed by atoms with Crippen LogP contribution in [0.2, 0.25) is 0 Å². The summed E-state index contributed by atoms with van der Waals surface area (Å²) in [5.74, 6) is 0.460. The zero-order chi connectivity index (χ0) is 37.4. The molecule has 6 aromatic rings. The van der Waals surface area contributed by atoms with Gasteiger partial charge in [0, 0.05) is 0 Å². The van der Waals surface area contributed by atoms with Crippen molar-refractivity contribution in [3.63, 3.8) is 0 Å². The Balaban J connectivity index is 0.00000266. The van der Waals surface area contributed by atoms with E-state index in [9.17, 15) is 0 Å². The van der Waals surface area contributed by atoms with E-state index < -0.39 is 21.3 Å². The molecule has 0 bridgehead atoms. The minimum absolute atomic E-state index is 0. The Kier molecular flexibility index (Phi) is 13.2. The molecule has 282 valence electrons. The van der Waals surface area contributed by atoms with E-state index >= 15 is 0 Å².